The van der Waals surface area contributed by atoms with Gasteiger partial charge in [0.05, 0.1) is 12.3 Å². The molecule has 0 aliphatic heterocycles. The minimum absolute atomic E-state index is 0.435. The summed E-state index contributed by atoms with van der Waals surface area (Å²) in [6, 6.07) is 5.58. The smallest absolute Gasteiger partial charge is 0.221 e. The monoisotopic (exact) mass is 260 g/mol. The molecule has 1 aliphatic rings. The van der Waals surface area contributed by atoms with Crippen LogP contribution in [0.25, 0.3) is 11.1 Å². The minimum atomic E-state index is 0.435. The van der Waals surface area contributed by atoms with E-state index in [0.29, 0.717) is 24.1 Å². The molecule has 0 radical (unpaired) electrons. The number of para-hydroxylation sites is 1. The minimum Gasteiger partial charge on any atom is -0.438 e. The average molecular weight is 260 g/mol. The Hall–Kier alpha value is -1.55. The average Bonchev–Trinajstić information content (AvgIpc) is 2.84. The molecular formula is C15H20N2O2. The third-order valence-corrected chi connectivity index (χ3v) is 3.80. The number of nitrogens with two attached hydrogens (primary N) is 1. The van der Waals surface area contributed by atoms with Gasteiger partial charge in [0.2, 0.25) is 5.89 Å². The van der Waals surface area contributed by atoms with Crippen molar-refractivity contribution in [2.75, 3.05) is 12.3 Å². The van der Waals surface area contributed by atoms with Gasteiger partial charge in [0.15, 0.2) is 5.58 Å². The molecule has 1 heterocycles. The number of oxazole rings is 1. The van der Waals surface area contributed by atoms with Gasteiger partial charge in [-0.3, -0.25) is 0 Å². The Kier molecular flexibility index (Phi) is 3.69. The van der Waals surface area contributed by atoms with Crippen molar-refractivity contribution < 1.29 is 9.15 Å². The zero-order valence-electron chi connectivity index (χ0n) is 11.1. The van der Waals surface area contributed by atoms with E-state index >= 15 is 0 Å². The van der Waals surface area contributed by atoms with E-state index in [1.165, 1.54) is 32.1 Å². The molecule has 4 heteroatoms. The van der Waals surface area contributed by atoms with Gasteiger partial charge in [-0.15, -0.1) is 0 Å². The number of aromatic nitrogens is 1. The van der Waals surface area contributed by atoms with E-state index in [1.54, 1.807) is 0 Å². The van der Waals surface area contributed by atoms with Crippen LogP contribution in [0.2, 0.25) is 0 Å². The van der Waals surface area contributed by atoms with Crippen molar-refractivity contribution in [1.82, 2.24) is 4.98 Å². The van der Waals surface area contributed by atoms with Crippen LogP contribution >= 0.6 is 0 Å². The lowest BCUT2D eigenvalue weighted by atomic mass is 9.90. The summed E-state index contributed by atoms with van der Waals surface area (Å²) in [5.41, 5.74) is 7.97. The maximum absolute atomic E-state index is 5.85. The number of fused-ring (bicyclic) bond motifs is 1. The van der Waals surface area contributed by atoms with Crippen molar-refractivity contribution >= 4 is 16.8 Å². The molecule has 0 bridgehead atoms. The second-order valence-corrected chi connectivity index (χ2v) is 5.32. The standard InChI is InChI=1S/C15H20N2O2/c16-12-7-4-8-13-15(12)17-14(19-13)10-18-9-11-5-2-1-3-6-11/h4,7-8,11H,1-3,5-6,9-10,16H2. The Balaban J connectivity index is 1.57. The van der Waals surface area contributed by atoms with Crippen LogP contribution in [-0.2, 0) is 11.3 Å². The largest absolute Gasteiger partial charge is 0.438 e. The van der Waals surface area contributed by atoms with Gasteiger partial charge in [0, 0.05) is 0 Å². The van der Waals surface area contributed by atoms with Crippen molar-refractivity contribution in [2.45, 2.75) is 38.7 Å². The molecule has 1 aromatic carbocycles. The molecule has 4 nitrogen and oxygen atoms in total. The summed E-state index contributed by atoms with van der Waals surface area (Å²) in [5.74, 6) is 1.33. The lowest BCUT2D eigenvalue weighted by Gasteiger charge is -2.20. The van der Waals surface area contributed by atoms with Crippen molar-refractivity contribution in [3.8, 4) is 0 Å². The van der Waals surface area contributed by atoms with Crippen LogP contribution in [0.5, 0.6) is 0 Å². The Morgan fingerprint density at radius 1 is 1.26 bits per heavy atom. The van der Waals surface area contributed by atoms with Gasteiger partial charge in [0.25, 0.3) is 0 Å². The van der Waals surface area contributed by atoms with Gasteiger partial charge < -0.3 is 14.9 Å². The maximum Gasteiger partial charge on any atom is 0.221 e. The van der Waals surface area contributed by atoms with Crippen molar-refractivity contribution in [3.05, 3.63) is 24.1 Å². The predicted octanol–water partition coefficient (Wildman–Crippen LogP) is 3.51. The predicted molar refractivity (Wildman–Crippen MR) is 74.7 cm³/mol. The van der Waals surface area contributed by atoms with Gasteiger partial charge >= 0.3 is 0 Å². The molecule has 3 rings (SSSR count). The van der Waals surface area contributed by atoms with Crippen LogP contribution in [0.15, 0.2) is 22.6 Å². The fourth-order valence-electron chi connectivity index (χ4n) is 2.74. The number of hydrogen-bond donors (Lipinski definition) is 1. The molecule has 0 unspecified atom stereocenters. The SMILES string of the molecule is Nc1cccc2oc(COCC3CCCCC3)nc12. The summed E-state index contributed by atoms with van der Waals surface area (Å²) in [6.45, 7) is 1.25. The van der Waals surface area contributed by atoms with Crippen molar-refractivity contribution in [2.24, 2.45) is 5.92 Å². The van der Waals surface area contributed by atoms with Gasteiger partial charge in [-0.05, 0) is 30.9 Å². The third-order valence-electron chi connectivity index (χ3n) is 3.80. The van der Waals surface area contributed by atoms with Crippen LogP contribution in [0.1, 0.15) is 38.0 Å². The van der Waals surface area contributed by atoms with Crippen LogP contribution in [0.3, 0.4) is 0 Å². The second kappa shape index (κ2) is 5.61. The molecule has 0 saturated heterocycles. The number of ether oxygens (including phenoxy) is 1. The first kappa shape index (κ1) is 12.5. The van der Waals surface area contributed by atoms with Crippen molar-refractivity contribution in [3.63, 3.8) is 0 Å². The fourth-order valence-corrected chi connectivity index (χ4v) is 2.74. The van der Waals surface area contributed by atoms with Crippen LogP contribution < -0.4 is 5.73 Å². The number of rotatable bonds is 4. The van der Waals surface area contributed by atoms with Crippen LogP contribution in [0, 0.1) is 5.92 Å². The molecular weight excluding hydrogens is 240 g/mol. The molecule has 0 spiro atoms. The molecule has 2 aromatic rings. The number of anilines is 1. The Bertz CT molecular complexity index is 544. The Morgan fingerprint density at radius 2 is 2.11 bits per heavy atom. The van der Waals surface area contributed by atoms with Crippen LogP contribution in [-0.4, -0.2) is 11.6 Å². The van der Waals surface area contributed by atoms with E-state index in [0.717, 1.165) is 17.7 Å². The number of hydrogen-bond acceptors (Lipinski definition) is 4. The highest BCUT2D eigenvalue weighted by atomic mass is 16.5. The molecule has 102 valence electrons. The summed E-state index contributed by atoms with van der Waals surface area (Å²) < 4.78 is 11.4. The van der Waals surface area contributed by atoms with E-state index in [2.05, 4.69) is 4.98 Å². The van der Waals surface area contributed by atoms with E-state index in [-0.39, 0.29) is 0 Å². The Morgan fingerprint density at radius 3 is 2.89 bits per heavy atom. The summed E-state index contributed by atoms with van der Waals surface area (Å²) in [5, 5.41) is 0. The quantitative estimate of drug-likeness (QED) is 0.854. The first-order valence-corrected chi connectivity index (χ1v) is 7.04. The topological polar surface area (TPSA) is 61.3 Å². The molecule has 1 saturated carbocycles. The van der Waals surface area contributed by atoms with Gasteiger partial charge in [0.1, 0.15) is 12.1 Å². The summed E-state index contributed by atoms with van der Waals surface area (Å²) >= 11 is 0. The fraction of sp³-hybridized carbons (Fsp3) is 0.533. The number of benzene rings is 1. The highest BCUT2D eigenvalue weighted by Crippen LogP contribution is 2.25. The van der Waals surface area contributed by atoms with Gasteiger partial charge in [-0.25, -0.2) is 4.98 Å². The van der Waals surface area contributed by atoms with E-state index in [9.17, 15) is 0 Å². The molecule has 1 aromatic heterocycles. The normalized spacial score (nSPS) is 17.1. The molecule has 0 amide bonds. The summed E-state index contributed by atoms with van der Waals surface area (Å²) in [4.78, 5) is 4.38. The lowest BCUT2D eigenvalue weighted by Crippen LogP contribution is -2.13. The Labute approximate surface area is 112 Å². The van der Waals surface area contributed by atoms with Gasteiger partial charge in [-0.2, -0.15) is 0 Å². The van der Waals surface area contributed by atoms with Crippen LogP contribution in [0.4, 0.5) is 5.69 Å². The summed E-state index contributed by atoms with van der Waals surface area (Å²) in [6.07, 6.45) is 6.64. The van der Waals surface area contributed by atoms with E-state index in [4.69, 9.17) is 14.9 Å². The zero-order valence-corrected chi connectivity index (χ0v) is 11.1. The third kappa shape index (κ3) is 2.89. The van der Waals surface area contributed by atoms with E-state index < -0.39 is 0 Å². The highest BCUT2D eigenvalue weighted by Gasteiger charge is 2.14. The van der Waals surface area contributed by atoms with Gasteiger partial charge in [-0.1, -0.05) is 25.3 Å². The lowest BCUT2D eigenvalue weighted by molar-refractivity contribution is 0.0620. The van der Waals surface area contributed by atoms with Crippen molar-refractivity contribution in [1.29, 1.82) is 0 Å². The molecule has 19 heavy (non-hydrogen) atoms. The second-order valence-electron chi connectivity index (χ2n) is 5.32. The zero-order chi connectivity index (χ0) is 13.1. The molecule has 2 N–H and O–H groups in total. The number of nitrogen functional groups attached to an aromatic ring is 1. The first-order chi connectivity index (χ1) is 9.33. The first-order valence-electron chi connectivity index (χ1n) is 7.04. The maximum atomic E-state index is 5.85. The molecule has 1 aliphatic carbocycles. The van der Waals surface area contributed by atoms with E-state index in [1.807, 2.05) is 18.2 Å². The molecule has 0 atom stereocenters. The molecule has 1 fully saturated rings. The highest BCUT2D eigenvalue weighted by molar-refractivity contribution is 5.85. The summed E-state index contributed by atoms with van der Waals surface area (Å²) in [7, 11) is 0. The number of nitrogens with zero attached hydrogens (tertiary/aromatic N) is 1.